The highest BCUT2D eigenvalue weighted by Gasteiger charge is 2.57. The number of benzene rings is 1. The van der Waals surface area contributed by atoms with Gasteiger partial charge in [-0.05, 0) is 73.3 Å². The third kappa shape index (κ3) is 3.12. The zero-order valence-corrected chi connectivity index (χ0v) is 15.5. The third-order valence-corrected chi connectivity index (χ3v) is 9.38. The first-order chi connectivity index (χ1) is 11.4. The highest BCUT2D eigenvalue weighted by molar-refractivity contribution is 8.54. The first-order valence-corrected chi connectivity index (χ1v) is 11.3. The molecule has 0 bridgehead atoms. The predicted molar refractivity (Wildman–Crippen MR) is 97.4 cm³/mol. The monoisotopic (exact) mass is 376 g/mol. The van der Waals surface area contributed by atoms with Crippen molar-refractivity contribution >= 4 is 26.0 Å². The van der Waals surface area contributed by atoms with Crippen molar-refractivity contribution in [3.8, 4) is 0 Å². The summed E-state index contributed by atoms with van der Waals surface area (Å²) in [4.78, 5) is 0.782. The maximum Gasteiger partial charge on any atom is 0.445 e. The van der Waals surface area contributed by atoms with Gasteiger partial charge in [0.05, 0.1) is 0 Å². The number of rotatable bonds is 3. The van der Waals surface area contributed by atoms with Crippen LogP contribution in [0.25, 0.3) is 6.08 Å². The molecule has 0 spiro atoms. The van der Waals surface area contributed by atoms with E-state index in [2.05, 4.69) is 0 Å². The largest absolute Gasteiger partial charge is 0.445 e. The van der Waals surface area contributed by atoms with Gasteiger partial charge in [-0.1, -0.05) is 51.2 Å². The molecule has 1 aliphatic carbocycles. The third-order valence-electron chi connectivity index (χ3n) is 5.12. The molecule has 0 radical (unpaired) electrons. The van der Waals surface area contributed by atoms with Gasteiger partial charge in [0, 0.05) is 4.90 Å². The molecule has 5 heteroatoms. The van der Waals surface area contributed by atoms with Gasteiger partial charge in [-0.15, -0.1) is 0 Å². The lowest BCUT2D eigenvalue weighted by atomic mass is 9.98. The Bertz CT molecular complexity index is 630. The molecular formula is C19H24ClF3S. The predicted octanol–water partition coefficient (Wildman–Crippen LogP) is 7.80. The molecule has 1 heterocycles. The Hall–Kier alpha value is -0.610. The molecule has 1 aromatic carbocycles. The molecule has 0 saturated heterocycles. The van der Waals surface area contributed by atoms with Gasteiger partial charge in [-0.25, -0.2) is 0 Å². The van der Waals surface area contributed by atoms with E-state index in [4.69, 9.17) is 10.7 Å². The van der Waals surface area contributed by atoms with Gasteiger partial charge in [-0.2, -0.15) is 13.2 Å². The Morgan fingerprint density at radius 2 is 1.79 bits per heavy atom. The lowest BCUT2D eigenvalue weighted by Gasteiger charge is -2.37. The molecule has 24 heavy (non-hydrogen) atoms. The average Bonchev–Trinajstić information content (AvgIpc) is 2.69. The molecule has 1 aliphatic heterocycles. The van der Waals surface area contributed by atoms with Crippen LogP contribution in [0, 0.1) is 5.92 Å². The quantitative estimate of drug-likeness (QED) is 0.472. The molecule has 0 aromatic heterocycles. The van der Waals surface area contributed by atoms with E-state index in [0.717, 1.165) is 56.9 Å². The van der Waals surface area contributed by atoms with Crippen molar-refractivity contribution in [1.29, 1.82) is 0 Å². The number of hydrogen-bond donors (Lipinski definition) is 0. The normalized spacial score (nSPS) is 28.0. The zero-order valence-electron chi connectivity index (χ0n) is 14.0. The number of allylic oxidation sites excluding steroid dienone is 1. The maximum absolute atomic E-state index is 14.1. The van der Waals surface area contributed by atoms with Crippen LogP contribution in [0.3, 0.4) is 0 Å². The van der Waals surface area contributed by atoms with Crippen molar-refractivity contribution in [2.45, 2.75) is 68.7 Å². The number of hydrogen-bond acceptors (Lipinski definition) is 0. The SMILES string of the molecule is CCCc1ccc2c(c1)S(Cl)(C(F)(F)F)C(C1CCCCCC1)=C2. The van der Waals surface area contributed by atoms with Crippen LogP contribution in [0.1, 0.15) is 63.0 Å². The fourth-order valence-corrected chi connectivity index (χ4v) is 7.35. The average molecular weight is 377 g/mol. The summed E-state index contributed by atoms with van der Waals surface area (Å²) in [7, 11) is 3.05. The fourth-order valence-electron chi connectivity index (χ4n) is 3.92. The van der Waals surface area contributed by atoms with Crippen molar-refractivity contribution in [3.05, 3.63) is 34.2 Å². The molecule has 0 amide bonds. The molecule has 1 aromatic rings. The molecule has 0 N–H and O–H groups in total. The Morgan fingerprint density at radius 1 is 1.12 bits per heavy atom. The van der Waals surface area contributed by atoms with E-state index in [0.29, 0.717) is 15.4 Å². The van der Waals surface area contributed by atoms with Crippen LogP contribution in [0.5, 0.6) is 0 Å². The number of fused-ring (bicyclic) bond motifs is 1. The summed E-state index contributed by atoms with van der Waals surface area (Å²) in [6.45, 7) is 2.03. The summed E-state index contributed by atoms with van der Waals surface area (Å²) >= 11 is 0. The van der Waals surface area contributed by atoms with Crippen molar-refractivity contribution in [3.63, 3.8) is 0 Å². The van der Waals surface area contributed by atoms with Gasteiger partial charge in [0.15, 0.2) is 0 Å². The summed E-state index contributed by atoms with van der Waals surface area (Å²) < 4.78 is 42.3. The van der Waals surface area contributed by atoms with Gasteiger partial charge < -0.3 is 0 Å². The highest BCUT2D eigenvalue weighted by atomic mass is 35.7. The van der Waals surface area contributed by atoms with E-state index < -0.39 is 14.7 Å². The molecule has 1 atom stereocenters. The van der Waals surface area contributed by atoms with Crippen LogP contribution >= 0.6 is 19.9 Å². The van der Waals surface area contributed by atoms with Gasteiger partial charge in [0.2, 0.25) is 0 Å². The molecule has 2 aliphatic rings. The van der Waals surface area contributed by atoms with Gasteiger partial charge in [0.1, 0.15) is 0 Å². The van der Waals surface area contributed by atoms with E-state index in [1.165, 1.54) is 0 Å². The van der Waals surface area contributed by atoms with Crippen molar-refractivity contribution in [2.75, 3.05) is 0 Å². The Labute approximate surface area is 148 Å². The van der Waals surface area contributed by atoms with Crippen LogP contribution in [0.4, 0.5) is 13.2 Å². The van der Waals surface area contributed by atoms with Crippen LogP contribution in [-0.4, -0.2) is 5.51 Å². The minimum absolute atomic E-state index is 0.0244. The number of aryl methyl sites for hydroxylation is 1. The van der Waals surface area contributed by atoms with Gasteiger partial charge in [0.25, 0.3) is 0 Å². The standard InChI is InChI=1S/C19H24ClF3S/c1-2-7-14-10-11-16-13-18(15-8-5-3-4-6-9-15)24(20,17(16)12-14)19(21,22)23/h10-13,15H,2-9H2,1H3. The second kappa shape index (κ2) is 6.95. The van der Waals surface area contributed by atoms with Crippen LogP contribution < -0.4 is 0 Å². The molecule has 134 valence electrons. The lowest BCUT2D eigenvalue weighted by Crippen LogP contribution is -2.20. The lowest BCUT2D eigenvalue weighted by molar-refractivity contribution is -0.0361. The molecule has 3 rings (SSSR count). The smallest absolute Gasteiger partial charge is 0.160 e. The summed E-state index contributed by atoms with van der Waals surface area (Å²) in [5.41, 5.74) is -2.77. The first kappa shape index (κ1) is 18.2. The summed E-state index contributed by atoms with van der Waals surface area (Å²) in [6.07, 6.45) is 9.37. The molecular weight excluding hydrogens is 353 g/mol. The van der Waals surface area contributed by atoms with E-state index in [9.17, 15) is 13.2 Å². The van der Waals surface area contributed by atoms with E-state index in [1.54, 1.807) is 12.1 Å². The maximum atomic E-state index is 14.1. The van der Waals surface area contributed by atoms with Gasteiger partial charge in [-0.3, -0.25) is 0 Å². The minimum Gasteiger partial charge on any atom is -0.160 e. The zero-order chi connectivity index (χ0) is 17.4. The van der Waals surface area contributed by atoms with Crippen LogP contribution in [0.15, 0.2) is 28.0 Å². The molecule has 0 nitrogen and oxygen atoms in total. The molecule has 1 saturated carbocycles. The van der Waals surface area contributed by atoms with E-state index >= 15 is 0 Å². The minimum atomic E-state index is -4.40. The van der Waals surface area contributed by atoms with Crippen molar-refractivity contribution < 1.29 is 13.2 Å². The highest BCUT2D eigenvalue weighted by Crippen LogP contribution is 2.81. The number of halogens is 4. The second-order valence-corrected chi connectivity index (χ2v) is 10.7. The first-order valence-electron chi connectivity index (χ1n) is 8.81. The summed E-state index contributed by atoms with van der Waals surface area (Å²) in [5, 5.41) is 0. The fraction of sp³-hybridized carbons (Fsp3) is 0.579. The Kier molecular flexibility index (Phi) is 5.27. The van der Waals surface area contributed by atoms with Gasteiger partial charge >= 0.3 is 5.51 Å². The second-order valence-electron chi connectivity index (χ2n) is 6.84. The summed E-state index contributed by atoms with van der Waals surface area (Å²) in [6, 6.07) is 5.50. The van der Waals surface area contributed by atoms with Crippen LogP contribution in [-0.2, 0) is 6.42 Å². The molecule has 1 unspecified atom stereocenters. The molecule has 1 fully saturated rings. The van der Waals surface area contributed by atoms with Crippen molar-refractivity contribution in [2.24, 2.45) is 5.92 Å². The summed E-state index contributed by atoms with van der Waals surface area (Å²) in [5.74, 6) is -0.0244. The van der Waals surface area contributed by atoms with Crippen LogP contribution in [0.2, 0.25) is 0 Å². The van der Waals surface area contributed by atoms with Crippen molar-refractivity contribution in [1.82, 2.24) is 0 Å². The Balaban J connectivity index is 2.06. The van der Waals surface area contributed by atoms with E-state index in [1.807, 2.05) is 19.1 Å². The topological polar surface area (TPSA) is 0 Å². The Morgan fingerprint density at radius 3 is 2.38 bits per heavy atom. The van der Waals surface area contributed by atoms with E-state index in [-0.39, 0.29) is 5.92 Å². The number of alkyl halides is 3.